The molecule has 0 aliphatic rings. The number of amides is 1. The van der Waals surface area contributed by atoms with Crippen LogP contribution in [0.2, 0.25) is 0 Å². The Hall–Kier alpha value is -2.83. The monoisotopic (exact) mass is 361 g/mol. The third kappa shape index (κ3) is 3.56. The van der Waals surface area contributed by atoms with E-state index in [1.807, 2.05) is 19.9 Å². The molecular formula is C19H18F3N3O. The summed E-state index contributed by atoms with van der Waals surface area (Å²) in [5.74, 6) is -0.481. The summed E-state index contributed by atoms with van der Waals surface area (Å²) in [4.78, 5) is 17.1. The number of nitrogens with zero attached hydrogens (tertiary/aromatic N) is 2. The molecule has 26 heavy (non-hydrogen) atoms. The van der Waals surface area contributed by atoms with Crippen LogP contribution in [0.3, 0.4) is 0 Å². The summed E-state index contributed by atoms with van der Waals surface area (Å²) in [5.41, 5.74) is 1.66. The molecule has 2 aromatic heterocycles. The molecule has 0 fully saturated rings. The van der Waals surface area contributed by atoms with Gasteiger partial charge in [0.2, 0.25) is 0 Å². The van der Waals surface area contributed by atoms with Crippen molar-refractivity contribution in [3.05, 3.63) is 65.1 Å². The number of carbonyl (C=O) groups is 1. The van der Waals surface area contributed by atoms with Crippen LogP contribution in [0.25, 0.3) is 5.65 Å². The lowest BCUT2D eigenvalue weighted by Crippen LogP contribution is -2.17. The number of pyridine rings is 1. The van der Waals surface area contributed by atoms with Gasteiger partial charge in [-0.2, -0.15) is 13.2 Å². The fraction of sp³-hybridized carbons (Fsp3) is 0.263. The van der Waals surface area contributed by atoms with Crippen molar-refractivity contribution in [1.29, 1.82) is 0 Å². The van der Waals surface area contributed by atoms with Crippen molar-refractivity contribution in [2.45, 2.75) is 32.9 Å². The highest BCUT2D eigenvalue weighted by atomic mass is 19.4. The van der Waals surface area contributed by atoms with E-state index < -0.39 is 17.6 Å². The van der Waals surface area contributed by atoms with Crippen LogP contribution in [0.5, 0.6) is 0 Å². The largest absolute Gasteiger partial charge is 0.417 e. The number of hydrogen-bond donors (Lipinski definition) is 1. The molecule has 0 unspecified atom stereocenters. The normalized spacial score (nSPS) is 11.7. The Balaban J connectivity index is 2.08. The minimum absolute atomic E-state index is 0.134. The number of benzene rings is 1. The SMILES string of the molecule is CCCc1nc2ccc(C(F)(F)F)cn2c1C(=O)Nc1cccc(C)c1. The fourth-order valence-electron chi connectivity index (χ4n) is 2.83. The number of fused-ring (bicyclic) bond motifs is 1. The van der Waals surface area contributed by atoms with Gasteiger partial charge < -0.3 is 5.32 Å². The Bertz CT molecular complexity index is 960. The van der Waals surface area contributed by atoms with Crippen molar-refractivity contribution in [3.63, 3.8) is 0 Å². The summed E-state index contributed by atoms with van der Waals surface area (Å²) in [5, 5.41) is 2.75. The van der Waals surface area contributed by atoms with Crippen molar-refractivity contribution >= 4 is 17.2 Å². The summed E-state index contributed by atoms with van der Waals surface area (Å²) in [6.07, 6.45) is -2.35. The molecule has 0 bridgehead atoms. The standard InChI is InChI=1S/C19H18F3N3O/c1-3-5-15-17(18(26)23-14-7-4-6-12(2)10-14)25-11-13(19(20,21)22)8-9-16(25)24-15/h4,6-11H,3,5H2,1-2H3,(H,23,26). The van der Waals surface area contributed by atoms with E-state index in [2.05, 4.69) is 10.3 Å². The molecule has 0 saturated carbocycles. The van der Waals surface area contributed by atoms with Crippen LogP contribution >= 0.6 is 0 Å². The van der Waals surface area contributed by atoms with E-state index in [-0.39, 0.29) is 5.69 Å². The lowest BCUT2D eigenvalue weighted by molar-refractivity contribution is -0.137. The number of halogens is 3. The van der Waals surface area contributed by atoms with Gasteiger partial charge in [-0.15, -0.1) is 0 Å². The van der Waals surface area contributed by atoms with Crippen LogP contribution in [0.15, 0.2) is 42.6 Å². The third-order valence-corrected chi connectivity index (χ3v) is 4.00. The predicted molar refractivity (Wildman–Crippen MR) is 93.3 cm³/mol. The van der Waals surface area contributed by atoms with E-state index in [1.165, 1.54) is 10.5 Å². The van der Waals surface area contributed by atoms with Crippen LogP contribution in [-0.4, -0.2) is 15.3 Å². The van der Waals surface area contributed by atoms with Gasteiger partial charge in [-0.25, -0.2) is 4.98 Å². The Labute approximate surface area is 148 Å². The number of imidazole rings is 1. The average Bonchev–Trinajstić information content (AvgIpc) is 2.91. The summed E-state index contributed by atoms with van der Waals surface area (Å²) in [6.45, 7) is 3.81. The van der Waals surface area contributed by atoms with E-state index in [4.69, 9.17) is 0 Å². The van der Waals surface area contributed by atoms with Gasteiger partial charge in [0.25, 0.3) is 5.91 Å². The number of carbonyl (C=O) groups excluding carboxylic acids is 1. The molecule has 3 rings (SSSR count). The van der Waals surface area contributed by atoms with Crippen LogP contribution in [0, 0.1) is 6.92 Å². The van der Waals surface area contributed by atoms with Crippen molar-refractivity contribution in [2.24, 2.45) is 0 Å². The molecule has 0 radical (unpaired) electrons. The Kier molecular flexibility index (Phi) is 4.71. The van der Waals surface area contributed by atoms with Gasteiger partial charge >= 0.3 is 6.18 Å². The molecule has 0 aliphatic carbocycles. The molecule has 4 nitrogen and oxygen atoms in total. The molecule has 2 heterocycles. The van der Waals surface area contributed by atoms with Gasteiger partial charge in [-0.3, -0.25) is 9.20 Å². The van der Waals surface area contributed by atoms with Crippen LogP contribution in [0.4, 0.5) is 18.9 Å². The maximum Gasteiger partial charge on any atom is 0.417 e. The second-order valence-corrected chi connectivity index (χ2v) is 6.12. The first-order valence-corrected chi connectivity index (χ1v) is 8.26. The molecular weight excluding hydrogens is 343 g/mol. The first kappa shape index (κ1) is 18.0. The quantitative estimate of drug-likeness (QED) is 0.721. The number of hydrogen-bond acceptors (Lipinski definition) is 2. The van der Waals surface area contributed by atoms with E-state index in [9.17, 15) is 18.0 Å². The first-order chi connectivity index (χ1) is 12.3. The van der Waals surface area contributed by atoms with Crippen molar-refractivity contribution in [1.82, 2.24) is 9.38 Å². The van der Waals surface area contributed by atoms with E-state index in [0.717, 1.165) is 24.2 Å². The lowest BCUT2D eigenvalue weighted by Gasteiger charge is -2.10. The molecule has 0 saturated heterocycles. The Morgan fingerprint density at radius 2 is 2.00 bits per heavy atom. The maximum absolute atomic E-state index is 13.1. The summed E-state index contributed by atoms with van der Waals surface area (Å²) < 4.78 is 40.4. The second kappa shape index (κ2) is 6.82. The number of rotatable bonds is 4. The molecule has 3 aromatic rings. The van der Waals surface area contributed by atoms with Crippen LogP contribution < -0.4 is 5.32 Å². The van der Waals surface area contributed by atoms with E-state index in [1.54, 1.807) is 18.2 Å². The second-order valence-electron chi connectivity index (χ2n) is 6.12. The lowest BCUT2D eigenvalue weighted by atomic mass is 10.2. The van der Waals surface area contributed by atoms with E-state index in [0.29, 0.717) is 23.4 Å². The molecule has 0 atom stereocenters. The van der Waals surface area contributed by atoms with Gasteiger partial charge in [0.05, 0.1) is 11.3 Å². The molecule has 136 valence electrons. The van der Waals surface area contributed by atoms with Crippen molar-refractivity contribution in [2.75, 3.05) is 5.32 Å². The smallest absolute Gasteiger partial charge is 0.321 e. The van der Waals surface area contributed by atoms with Crippen molar-refractivity contribution < 1.29 is 18.0 Å². The summed E-state index contributed by atoms with van der Waals surface area (Å²) >= 11 is 0. The molecule has 0 spiro atoms. The zero-order chi connectivity index (χ0) is 18.9. The highest BCUT2D eigenvalue weighted by Gasteiger charge is 2.32. The molecule has 1 aromatic carbocycles. The highest BCUT2D eigenvalue weighted by molar-refractivity contribution is 6.04. The van der Waals surface area contributed by atoms with Crippen LogP contribution in [-0.2, 0) is 12.6 Å². The third-order valence-electron chi connectivity index (χ3n) is 4.00. The minimum Gasteiger partial charge on any atom is -0.321 e. The topological polar surface area (TPSA) is 46.4 Å². The van der Waals surface area contributed by atoms with Crippen molar-refractivity contribution in [3.8, 4) is 0 Å². The highest BCUT2D eigenvalue weighted by Crippen LogP contribution is 2.30. The fourth-order valence-corrected chi connectivity index (χ4v) is 2.83. The Morgan fingerprint density at radius 1 is 1.23 bits per heavy atom. The first-order valence-electron chi connectivity index (χ1n) is 8.26. The molecule has 7 heteroatoms. The number of aryl methyl sites for hydroxylation is 2. The molecule has 1 amide bonds. The zero-order valence-corrected chi connectivity index (χ0v) is 14.4. The van der Waals surface area contributed by atoms with E-state index >= 15 is 0 Å². The molecule has 1 N–H and O–H groups in total. The van der Waals surface area contributed by atoms with Crippen LogP contribution in [0.1, 0.15) is 40.7 Å². The van der Waals surface area contributed by atoms with Gasteiger partial charge in [0, 0.05) is 11.9 Å². The minimum atomic E-state index is -4.49. The maximum atomic E-state index is 13.1. The number of anilines is 1. The molecule has 0 aliphatic heterocycles. The number of nitrogens with one attached hydrogen (secondary N) is 1. The van der Waals surface area contributed by atoms with Gasteiger partial charge in [0.15, 0.2) is 0 Å². The Morgan fingerprint density at radius 3 is 2.65 bits per heavy atom. The average molecular weight is 361 g/mol. The zero-order valence-electron chi connectivity index (χ0n) is 14.4. The number of alkyl halides is 3. The van der Waals surface area contributed by atoms with Gasteiger partial charge in [-0.1, -0.05) is 25.5 Å². The van der Waals surface area contributed by atoms with Gasteiger partial charge in [0.1, 0.15) is 11.3 Å². The predicted octanol–water partition coefficient (Wildman–Crippen LogP) is 4.87. The van der Waals surface area contributed by atoms with Gasteiger partial charge in [-0.05, 0) is 43.2 Å². The number of aromatic nitrogens is 2. The summed E-state index contributed by atoms with van der Waals surface area (Å²) in [7, 11) is 0. The summed E-state index contributed by atoms with van der Waals surface area (Å²) in [6, 6.07) is 9.47.